The molecule has 0 amide bonds. The minimum absolute atomic E-state index is 0.0166. The van der Waals surface area contributed by atoms with Crippen LogP contribution in [0.3, 0.4) is 0 Å². The second-order valence-electron chi connectivity index (χ2n) is 7.52. The smallest absolute Gasteiger partial charge is 0.416 e. The van der Waals surface area contributed by atoms with Crippen LogP contribution in [0.4, 0.5) is 13.2 Å². The standard InChI is InChI=1S/C26H20F3NO4/c1-2-14-33-19-10-12-20(13-11-19)34-25(32)23-16-30(24(31)22-9-4-3-8-21(22)23)18-7-5-6-17(15-18)26(27,28)29/h3-13,15-16H,2,14H2,1H3. The second-order valence-corrected chi connectivity index (χ2v) is 7.52. The zero-order chi connectivity index (χ0) is 24.3. The van der Waals surface area contributed by atoms with E-state index in [1.165, 1.54) is 24.4 Å². The average Bonchev–Trinajstić information content (AvgIpc) is 2.83. The van der Waals surface area contributed by atoms with Gasteiger partial charge in [0, 0.05) is 22.7 Å². The van der Waals surface area contributed by atoms with E-state index in [9.17, 15) is 22.8 Å². The lowest BCUT2D eigenvalue weighted by molar-refractivity contribution is -0.137. The molecule has 0 aliphatic carbocycles. The molecular formula is C26H20F3NO4. The van der Waals surface area contributed by atoms with Gasteiger partial charge in [-0.25, -0.2) is 4.79 Å². The maximum Gasteiger partial charge on any atom is 0.416 e. The summed E-state index contributed by atoms with van der Waals surface area (Å²) in [6, 6.07) is 17.2. The molecule has 5 nitrogen and oxygen atoms in total. The summed E-state index contributed by atoms with van der Waals surface area (Å²) in [5.41, 5.74) is -1.43. The summed E-state index contributed by atoms with van der Waals surface area (Å²) in [7, 11) is 0. The van der Waals surface area contributed by atoms with E-state index in [1.807, 2.05) is 6.92 Å². The van der Waals surface area contributed by atoms with Crippen LogP contribution < -0.4 is 15.0 Å². The lowest BCUT2D eigenvalue weighted by atomic mass is 10.1. The molecule has 0 unspecified atom stereocenters. The lowest BCUT2D eigenvalue weighted by Gasteiger charge is -2.14. The van der Waals surface area contributed by atoms with Crippen LogP contribution in [-0.2, 0) is 6.18 Å². The highest BCUT2D eigenvalue weighted by Gasteiger charge is 2.30. The molecule has 8 heteroatoms. The molecule has 0 fully saturated rings. The highest BCUT2D eigenvalue weighted by atomic mass is 19.4. The van der Waals surface area contributed by atoms with Crippen molar-refractivity contribution in [1.29, 1.82) is 0 Å². The minimum atomic E-state index is -4.58. The summed E-state index contributed by atoms with van der Waals surface area (Å²) in [5.74, 6) is 0.138. The van der Waals surface area contributed by atoms with Crippen molar-refractivity contribution in [3.63, 3.8) is 0 Å². The Morgan fingerprint density at radius 2 is 1.59 bits per heavy atom. The number of pyridine rings is 1. The average molecular weight is 467 g/mol. The van der Waals surface area contributed by atoms with Crippen LogP contribution in [0.25, 0.3) is 16.5 Å². The van der Waals surface area contributed by atoms with Gasteiger partial charge in [0.2, 0.25) is 0 Å². The van der Waals surface area contributed by atoms with Crippen LogP contribution in [0, 0.1) is 0 Å². The molecule has 1 heterocycles. The van der Waals surface area contributed by atoms with Crippen molar-refractivity contribution in [3.05, 3.63) is 100 Å². The number of ether oxygens (including phenoxy) is 2. The van der Waals surface area contributed by atoms with Crippen LogP contribution in [-0.4, -0.2) is 17.1 Å². The third-order valence-electron chi connectivity index (χ3n) is 5.10. The molecule has 174 valence electrons. The Morgan fingerprint density at radius 3 is 2.26 bits per heavy atom. The van der Waals surface area contributed by atoms with Gasteiger partial charge in [-0.2, -0.15) is 13.2 Å². The molecule has 0 atom stereocenters. The number of carbonyl (C=O) groups is 1. The Bertz CT molecular complexity index is 1390. The number of fused-ring (bicyclic) bond motifs is 1. The number of rotatable bonds is 6. The van der Waals surface area contributed by atoms with Gasteiger partial charge in [-0.05, 0) is 55.0 Å². The van der Waals surface area contributed by atoms with E-state index in [4.69, 9.17) is 9.47 Å². The summed E-state index contributed by atoms with van der Waals surface area (Å²) in [5, 5.41) is 0.515. The fourth-order valence-electron chi connectivity index (χ4n) is 3.46. The molecule has 0 spiro atoms. The van der Waals surface area contributed by atoms with E-state index >= 15 is 0 Å². The van der Waals surface area contributed by atoms with Gasteiger partial charge in [0.1, 0.15) is 11.5 Å². The predicted octanol–water partition coefficient (Wildman–Crippen LogP) is 6.02. The Hall–Kier alpha value is -4.07. The number of hydrogen-bond acceptors (Lipinski definition) is 4. The molecular weight excluding hydrogens is 447 g/mol. The summed E-state index contributed by atoms with van der Waals surface area (Å²) >= 11 is 0. The number of halogens is 3. The van der Waals surface area contributed by atoms with Crippen LogP contribution in [0.15, 0.2) is 83.8 Å². The highest BCUT2D eigenvalue weighted by molar-refractivity contribution is 6.04. The van der Waals surface area contributed by atoms with Crippen LogP contribution in [0.2, 0.25) is 0 Å². The highest BCUT2D eigenvalue weighted by Crippen LogP contribution is 2.30. The molecule has 4 aromatic rings. The van der Waals surface area contributed by atoms with E-state index in [-0.39, 0.29) is 22.4 Å². The van der Waals surface area contributed by atoms with Crippen molar-refractivity contribution in [3.8, 4) is 17.2 Å². The van der Waals surface area contributed by atoms with E-state index in [0.717, 1.165) is 23.1 Å². The van der Waals surface area contributed by atoms with Gasteiger partial charge in [0.05, 0.1) is 17.7 Å². The summed E-state index contributed by atoms with van der Waals surface area (Å²) in [6.07, 6.45) is -2.52. The van der Waals surface area contributed by atoms with E-state index in [1.54, 1.807) is 42.5 Å². The van der Waals surface area contributed by atoms with Crippen molar-refractivity contribution in [2.75, 3.05) is 6.61 Å². The van der Waals surface area contributed by atoms with Crippen molar-refractivity contribution in [2.45, 2.75) is 19.5 Å². The van der Waals surface area contributed by atoms with Crippen LogP contribution in [0.5, 0.6) is 11.5 Å². The molecule has 0 radical (unpaired) electrons. The van der Waals surface area contributed by atoms with Crippen molar-refractivity contribution >= 4 is 16.7 Å². The van der Waals surface area contributed by atoms with Gasteiger partial charge < -0.3 is 9.47 Å². The number of alkyl halides is 3. The van der Waals surface area contributed by atoms with E-state index in [2.05, 4.69) is 0 Å². The van der Waals surface area contributed by atoms with Gasteiger partial charge in [-0.3, -0.25) is 9.36 Å². The summed E-state index contributed by atoms with van der Waals surface area (Å²) in [4.78, 5) is 26.1. The lowest BCUT2D eigenvalue weighted by Crippen LogP contribution is -2.22. The molecule has 0 aliphatic heterocycles. The Balaban J connectivity index is 1.75. The molecule has 0 bridgehead atoms. The third kappa shape index (κ3) is 4.80. The second kappa shape index (κ2) is 9.43. The van der Waals surface area contributed by atoms with Crippen molar-refractivity contribution in [1.82, 2.24) is 4.57 Å². The predicted molar refractivity (Wildman–Crippen MR) is 122 cm³/mol. The largest absolute Gasteiger partial charge is 0.494 e. The minimum Gasteiger partial charge on any atom is -0.494 e. The van der Waals surface area contributed by atoms with Crippen molar-refractivity contribution in [2.24, 2.45) is 0 Å². The number of benzene rings is 3. The van der Waals surface area contributed by atoms with Crippen LogP contribution >= 0.6 is 0 Å². The SMILES string of the molecule is CCCOc1ccc(OC(=O)c2cn(-c3cccc(C(F)(F)F)c3)c(=O)c3ccccc23)cc1. The fourth-order valence-corrected chi connectivity index (χ4v) is 3.46. The van der Waals surface area contributed by atoms with Crippen molar-refractivity contribution < 1.29 is 27.4 Å². The number of carbonyl (C=O) groups excluding carboxylic acids is 1. The maximum absolute atomic E-state index is 13.2. The maximum atomic E-state index is 13.2. The van der Waals surface area contributed by atoms with Gasteiger partial charge in [0.25, 0.3) is 5.56 Å². The first kappa shape index (κ1) is 23.1. The normalized spacial score (nSPS) is 11.4. The molecule has 0 N–H and O–H groups in total. The first-order valence-electron chi connectivity index (χ1n) is 10.5. The monoisotopic (exact) mass is 467 g/mol. The fraction of sp³-hybridized carbons (Fsp3) is 0.154. The molecule has 4 rings (SSSR count). The number of nitrogens with zero attached hydrogens (tertiary/aromatic N) is 1. The zero-order valence-corrected chi connectivity index (χ0v) is 18.1. The third-order valence-corrected chi connectivity index (χ3v) is 5.10. The summed E-state index contributed by atoms with van der Waals surface area (Å²) in [6.45, 7) is 2.54. The first-order chi connectivity index (χ1) is 16.3. The molecule has 0 saturated carbocycles. The van der Waals surface area contributed by atoms with Gasteiger partial charge in [-0.1, -0.05) is 31.2 Å². The zero-order valence-electron chi connectivity index (χ0n) is 18.1. The van der Waals surface area contributed by atoms with E-state index in [0.29, 0.717) is 17.7 Å². The molecule has 34 heavy (non-hydrogen) atoms. The molecule has 1 aromatic heterocycles. The Morgan fingerprint density at radius 1 is 0.912 bits per heavy atom. The number of hydrogen-bond donors (Lipinski definition) is 0. The molecule has 0 saturated heterocycles. The topological polar surface area (TPSA) is 57.5 Å². The summed E-state index contributed by atoms with van der Waals surface area (Å²) < 4.78 is 51.7. The van der Waals surface area contributed by atoms with Crippen LogP contribution in [0.1, 0.15) is 29.3 Å². The Labute approximate surface area is 193 Å². The molecule has 3 aromatic carbocycles. The quantitative estimate of drug-likeness (QED) is 0.257. The van der Waals surface area contributed by atoms with Gasteiger partial charge in [-0.15, -0.1) is 0 Å². The van der Waals surface area contributed by atoms with E-state index < -0.39 is 23.3 Å². The van der Waals surface area contributed by atoms with Gasteiger partial charge in [0.15, 0.2) is 0 Å². The van der Waals surface area contributed by atoms with Gasteiger partial charge >= 0.3 is 12.1 Å². The number of aromatic nitrogens is 1. The Kier molecular flexibility index (Phi) is 6.40. The molecule has 0 aliphatic rings. The first-order valence-corrected chi connectivity index (χ1v) is 10.5. The number of esters is 1.